The number of benzene rings is 3. The molecule has 0 aliphatic rings. The molecule has 0 bridgehead atoms. The van der Waals surface area contributed by atoms with Crippen molar-refractivity contribution in [2.24, 2.45) is 0 Å². The summed E-state index contributed by atoms with van der Waals surface area (Å²) < 4.78 is 1.51. The van der Waals surface area contributed by atoms with Crippen LogP contribution in [0.4, 0.5) is 5.69 Å². The minimum atomic E-state index is -0.447. The van der Waals surface area contributed by atoms with E-state index in [2.05, 4.69) is 4.98 Å². The first-order valence-corrected chi connectivity index (χ1v) is 9.53. The number of non-ortho nitro benzene ring substituents is 1. The first-order chi connectivity index (χ1) is 14.4. The number of nitro benzene ring substituents is 1. The summed E-state index contributed by atoms with van der Waals surface area (Å²) >= 11 is 6.29. The van der Waals surface area contributed by atoms with E-state index in [0.29, 0.717) is 27.4 Å². The fraction of sp³-hybridized carbons (Fsp3) is 0.0435. The first kappa shape index (κ1) is 19.5. The van der Waals surface area contributed by atoms with Gasteiger partial charge in [0.05, 0.1) is 21.5 Å². The Hall–Kier alpha value is -3.77. The number of fused-ring (bicyclic) bond motifs is 1. The molecule has 0 N–H and O–H groups in total. The lowest BCUT2D eigenvalue weighted by atomic mass is 10.1. The maximum Gasteiger partial charge on any atom is 0.269 e. The van der Waals surface area contributed by atoms with Crippen molar-refractivity contribution < 1.29 is 4.92 Å². The van der Waals surface area contributed by atoms with Gasteiger partial charge in [0.25, 0.3) is 11.2 Å². The van der Waals surface area contributed by atoms with E-state index >= 15 is 0 Å². The third-order valence-electron chi connectivity index (χ3n) is 4.74. The van der Waals surface area contributed by atoms with Crippen LogP contribution in [0, 0.1) is 17.0 Å². The molecule has 148 valence electrons. The molecule has 0 unspecified atom stereocenters. The predicted octanol–water partition coefficient (Wildman–Crippen LogP) is 5.43. The van der Waals surface area contributed by atoms with Crippen molar-refractivity contribution in [3.05, 3.63) is 109 Å². The smallest absolute Gasteiger partial charge is 0.268 e. The van der Waals surface area contributed by atoms with Gasteiger partial charge in [-0.3, -0.25) is 19.5 Å². The predicted molar refractivity (Wildman–Crippen MR) is 119 cm³/mol. The molecule has 30 heavy (non-hydrogen) atoms. The summed E-state index contributed by atoms with van der Waals surface area (Å²) in [5.74, 6) is 0.428. The molecule has 6 nitrogen and oxygen atoms in total. The molecule has 7 heteroatoms. The van der Waals surface area contributed by atoms with E-state index in [9.17, 15) is 14.9 Å². The number of halogens is 1. The highest BCUT2D eigenvalue weighted by Gasteiger charge is 2.12. The Morgan fingerprint density at radius 3 is 2.47 bits per heavy atom. The van der Waals surface area contributed by atoms with Gasteiger partial charge in [-0.05, 0) is 60.5 Å². The second kappa shape index (κ2) is 7.93. The van der Waals surface area contributed by atoms with Gasteiger partial charge < -0.3 is 0 Å². The normalized spacial score (nSPS) is 11.3. The minimum Gasteiger partial charge on any atom is -0.268 e. The molecule has 3 aromatic carbocycles. The molecule has 0 spiro atoms. The van der Waals surface area contributed by atoms with Gasteiger partial charge in [-0.2, -0.15) is 0 Å². The van der Waals surface area contributed by atoms with Gasteiger partial charge in [0.15, 0.2) is 0 Å². The Morgan fingerprint density at radius 2 is 1.77 bits per heavy atom. The molecule has 0 saturated carbocycles. The van der Waals surface area contributed by atoms with Crippen LogP contribution in [0.2, 0.25) is 5.02 Å². The van der Waals surface area contributed by atoms with Gasteiger partial charge in [-0.1, -0.05) is 35.9 Å². The molecular weight excluding hydrogens is 402 g/mol. The summed E-state index contributed by atoms with van der Waals surface area (Å²) in [6.07, 6.45) is 3.47. The van der Waals surface area contributed by atoms with Crippen molar-refractivity contribution in [3.8, 4) is 5.69 Å². The van der Waals surface area contributed by atoms with Gasteiger partial charge in [-0.15, -0.1) is 0 Å². The largest absolute Gasteiger partial charge is 0.269 e. The summed E-state index contributed by atoms with van der Waals surface area (Å²) in [5, 5.41) is 11.9. The van der Waals surface area contributed by atoms with Crippen LogP contribution >= 0.6 is 11.6 Å². The topological polar surface area (TPSA) is 78.0 Å². The zero-order valence-electron chi connectivity index (χ0n) is 15.9. The number of aryl methyl sites for hydroxylation is 1. The highest BCUT2D eigenvalue weighted by molar-refractivity contribution is 6.31. The second-order valence-electron chi connectivity index (χ2n) is 6.74. The maximum absolute atomic E-state index is 13.2. The Kier molecular flexibility index (Phi) is 5.16. The highest BCUT2D eigenvalue weighted by Crippen LogP contribution is 2.21. The van der Waals surface area contributed by atoms with E-state index in [1.807, 2.05) is 25.1 Å². The van der Waals surface area contributed by atoms with Crippen LogP contribution in [0.3, 0.4) is 0 Å². The lowest BCUT2D eigenvalue weighted by Crippen LogP contribution is -2.22. The molecule has 4 rings (SSSR count). The summed E-state index contributed by atoms with van der Waals surface area (Å²) in [7, 11) is 0. The lowest BCUT2D eigenvalue weighted by Gasteiger charge is -2.12. The molecule has 0 fully saturated rings. The third-order valence-corrected chi connectivity index (χ3v) is 5.15. The highest BCUT2D eigenvalue weighted by atomic mass is 35.5. The first-order valence-electron chi connectivity index (χ1n) is 9.15. The Labute approximate surface area is 176 Å². The molecule has 0 atom stereocenters. The molecule has 0 aliphatic heterocycles. The van der Waals surface area contributed by atoms with Crippen molar-refractivity contribution in [1.82, 2.24) is 9.55 Å². The van der Waals surface area contributed by atoms with Gasteiger partial charge in [0.1, 0.15) is 5.82 Å². The number of rotatable bonds is 4. The maximum atomic E-state index is 13.2. The monoisotopic (exact) mass is 417 g/mol. The zero-order valence-corrected chi connectivity index (χ0v) is 16.7. The van der Waals surface area contributed by atoms with E-state index in [1.54, 1.807) is 48.6 Å². The number of nitrogens with zero attached hydrogens (tertiary/aromatic N) is 3. The number of hydrogen-bond donors (Lipinski definition) is 0. The van der Waals surface area contributed by atoms with Crippen molar-refractivity contribution in [2.75, 3.05) is 0 Å². The molecule has 0 aliphatic carbocycles. The quantitative estimate of drug-likeness (QED) is 0.328. The van der Waals surface area contributed by atoms with Crippen LogP contribution in [0.25, 0.3) is 28.7 Å². The van der Waals surface area contributed by atoms with Crippen LogP contribution in [0.15, 0.2) is 71.5 Å². The summed E-state index contributed by atoms with van der Waals surface area (Å²) in [4.78, 5) is 28.3. The van der Waals surface area contributed by atoms with Gasteiger partial charge in [-0.25, -0.2) is 4.98 Å². The van der Waals surface area contributed by atoms with Gasteiger partial charge in [0, 0.05) is 17.2 Å². The van der Waals surface area contributed by atoms with Gasteiger partial charge in [0.2, 0.25) is 0 Å². The van der Waals surface area contributed by atoms with Crippen molar-refractivity contribution in [1.29, 1.82) is 0 Å². The Balaban J connectivity index is 1.88. The van der Waals surface area contributed by atoms with Crippen LogP contribution in [0.1, 0.15) is 17.0 Å². The molecule has 4 aromatic rings. The summed E-state index contributed by atoms with van der Waals surface area (Å²) in [6.45, 7) is 1.89. The van der Waals surface area contributed by atoms with Crippen molar-refractivity contribution in [2.45, 2.75) is 6.92 Å². The minimum absolute atomic E-state index is 0.0159. The van der Waals surface area contributed by atoms with Crippen LogP contribution in [-0.2, 0) is 0 Å². The average Bonchev–Trinajstić information content (AvgIpc) is 2.75. The number of aromatic nitrogens is 2. The van der Waals surface area contributed by atoms with Crippen molar-refractivity contribution in [3.63, 3.8) is 0 Å². The lowest BCUT2D eigenvalue weighted by molar-refractivity contribution is -0.384. The van der Waals surface area contributed by atoms with E-state index < -0.39 is 4.92 Å². The fourth-order valence-electron chi connectivity index (χ4n) is 3.11. The molecule has 0 amide bonds. The molecule has 1 aromatic heterocycles. The SMILES string of the molecule is Cc1ccc(-n2c(C=Cc3ccc([N+](=O)[O-])cc3)nc3ccccc3c2=O)cc1Cl. The Morgan fingerprint density at radius 1 is 1.03 bits per heavy atom. The van der Waals surface area contributed by atoms with Crippen LogP contribution < -0.4 is 5.56 Å². The third kappa shape index (κ3) is 3.73. The fourth-order valence-corrected chi connectivity index (χ4v) is 3.28. The van der Waals surface area contributed by atoms with Crippen LogP contribution in [0.5, 0.6) is 0 Å². The molecule has 1 heterocycles. The molecule has 0 radical (unpaired) electrons. The van der Waals surface area contributed by atoms with E-state index in [1.165, 1.54) is 16.7 Å². The number of para-hydroxylation sites is 1. The van der Waals surface area contributed by atoms with E-state index in [4.69, 9.17) is 11.6 Å². The standard InChI is InChI=1S/C23H16ClN3O3/c1-15-6-10-18(14-20(15)24)26-22(25-21-5-3-2-4-19(21)23(26)28)13-9-16-7-11-17(12-8-16)27(29)30/h2-14H,1H3. The van der Waals surface area contributed by atoms with Gasteiger partial charge >= 0.3 is 0 Å². The Bertz CT molecular complexity index is 1360. The van der Waals surface area contributed by atoms with E-state index in [0.717, 1.165) is 11.1 Å². The molecule has 0 saturated heterocycles. The molecular formula is C23H16ClN3O3. The second-order valence-corrected chi connectivity index (χ2v) is 7.15. The summed E-state index contributed by atoms with van der Waals surface area (Å²) in [6, 6.07) is 18.7. The summed E-state index contributed by atoms with van der Waals surface area (Å²) in [5.41, 5.74) is 2.66. The van der Waals surface area contributed by atoms with Crippen molar-refractivity contribution >= 4 is 40.3 Å². The zero-order chi connectivity index (χ0) is 21.3. The van der Waals surface area contributed by atoms with E-state index in [-0.39, 0.29) is 11.2 Å². The number of hydrogen-bond acceptors (Lipinski definition) is 4. The average molecular weight is 418 g/mol. The number of nitro groups is 1. The van der Waals surface area contributed by atoms with Crippen LogP contribution in [-0.4, -0.2) is 14.5 Å².